The minimum absolute atomic E-state index is 0.315. The molecule has 1 fully saturated rings. The Morgan fingerprint density at radius 2 is 2.12 bits per heavy atom. The quantitative estimate of drug-likeness (QED) is 0.912. The summed E-state index contributed by atoms with van der Waals surface area (Å²) in [5, 5.41) is 8.90. The highest BCUT2D eigenvalue weighted by molar-refractivity contribution is 8.07. The van der Waals surface area contributed by atoms with Crippen molar-refractivity contribution in [3.05, 3.63) is 5.82 Å². The second-order valence-corrected chi connectivity index (χ2v) is 7.62. The van der Waals surface area contributed by atoms with Crippen molar-refractivity contribution in [1.29, 1.82) is 0 Å². The largest absolute Gasteiger partial charge is 0.336 e. The van der Waals surface area contributed by atoms with Crippen molar-refractivity contribution in [1.82, 2.24) is 10.1 Å². The lowest BCUT2D eigenvalue weighted by molar-refractivity contribution is 0.420. The molecule has 2 rings (SSSR count). The highest BCUT2D eigenvalue weighted by atomic mass is 32.2. The summed E-state index contributed by atoms with van der Waals surface area (Å²) in [5.41, 5.74) is 0. The number of nitrogens with zero attached hydrogens (tertiary/aromatic N) is 2. The summed E-state index contributed by atoms with van der Waals surface area (Å²) in [4.78, 5) is 4.41. The molecule has 3 unspecified atom stereocenters. The van der Waals surface area contributed by atoms with Crippen LogP contribution in [0.15, 0.2) is 4.52 Å². The molecule has 17 heavy (non-hydrogen) atoms. The van der Waals surface area contributed by atoms with Crippen LogP contribution in [-0.2, 0) is 0 Å². The molecule has 1 aliphatic heterocycles. The van der Waals surface area contributed by atoms with E-state index in [2.05, 4.69) is 43.2 Å². The van der Waals surface area contributed by atoms with E-state index in [0.29, 0.717) is 27.8 Å². The van der Waals surface area contributed by atoms with Gasteiger partial charge in [-0.25, -0.2) is 0 Å². The fourth-order valence-corrected chi connectivity index (χ4v) is 4.42. The number of nitrogens with one attached hydrogen (secondary N) is 1. The zero-order valence-corrected chi connectivity index (χ0v) is 12.3. The molecule has 6 heteroatoms. The lowest BCUT2D eigenvalue weighted by atomic mass is 10.3. The van der Waals surface area contributed by atoms with Crippen molar-refractivity contribution in [3.63, 3.8) is 0 Å². The second kappa shape index (κ2) is 5.52. The van der Waals surface area contributed by atoms with Crippen LogP contribution in [-0.4, -0.2) is 32.4 Å². The van der Waals surface area contributed by atoms with E-state index in [-0.39, 0.29) is 0 Å². The van der Waals surface area contributed by atoms with Gasteiger partial charge in [0.05, 0.1) is 5.25 Å². The molecule has 1 aromatic rings. The van der Waals surface area contributed by atoms with Gasteiger partial charge in [-0.05, 0) is 13.8 Å². The van der Waals surface area contributed by atoms with E-state index in [1.54, 1.807) is 0 Å². The van der Waals surface area contributed by atoms with E-state index < -0.39 is 0 Å². The fraction of sp³-hybridized carbons (Fsp3) is 0.818. The van der Waals surface area contributed by atoms with Crippen LogP contribution in [0.1, 0.15) is 38.8 Å². The molecular formula is C11H19N3OS2. The van der Waals surface area contributed by atoms with Crippen LogP contribution in [0, 0.1) is 0 Å². The van der Waals surface area contributed by atoms with E-state index in [1.807, 2.05) is 23.5 Å². The topological polar surface area (TPSA) is 51.0 Å². The number of thioether (sulfide) groups is 2. The van der Waals surface area contributed by atoms with Gasteiger partial charge in [0.1, 0.15) is 0 Å². The second-order valence-electron chi connectivity index (χ2n) is 4.63. The van der Waals surface area contributed by atoms with Crippen LogP contribution in [0.5, 0.6) is 0 Å². The molecule has 0 radical (unpaired) electrons. The smallest absolute Gasteiger partial charge is 0.321 e. The molecule has 0 saturated carbocycles. The van der Waals surface area contributed by atoms with Crippen molar-refractivity contribution in [2.45, 2.75) is 49.5 Å². The average molecular weight is 273 g/mol. The molecule has 3 atom stereocenters. The standard InChI is InChI=1S/C11H19N3OS2/c1-6(2)12-11-13-10(14-15-11)9-5-16-7(3)8(4)17-9/h6-9H,5H2,1-4H3,(H,12,13,14). The van der Waals surface area contributed by atoms with Gasteiger partial charge in [-0.1, -0.05) is 19.0 Å². The Morgan fingerprint density at radius 1 is 1.35 bits per heavy atom. The van der Waals surface area contributed by atoms with Gasteiger partial charge in [0.2, 0.25) is 0 Å². The molecule has 1 saturated heterocycles. The molecule has 1 aromatic heterocycles. The Balaban J connectivity index is 2.00. The average Bonchev–Trinajstić information content (AvgIpc) is 2.69. The van der Waals surface area contributed by atoms with Crippen molar-refractivity contribution >= 4 is 29.5 Å². The molecule has 1 aliphatic rings. The number of rotatable bonds is 3. The Labute approximate surface area is 111 Å². The number of anilines is 1. The van der Waals surface area contributed by atoms with Crippen molar-refractivity contribution in [2.24, 2.45) is 0 Å². The molecule has 96 valence electrons. The minimum Gasteiger partial charge on any atom is -0.336 e. The van der Waals surface area contributed by atoms with Crippen LogP contribution in [0.3, 0.4) is 0 Å². The maximum Gasteiger partial charge on any atom is 0.321 e. The monoisotopic (exact) mass is 273 g/mol. The number of hydrogen-bond acceptors (Lipinski definition) is 6. The first-order valence-electron chi connectivity index (χ1n) is 5.93. The third-order valence-corrected chi connectivity index (χ3v) is 6.08. The predicted molar refractivity (Wildman–Crippen MR) is 74.8 cm³/mol. The Bertz CT molecular complexity index is 369. The molecule has 0 amide bonds. The summed E-state index contributed by atoms with van der Waals surface area (Å²) < 4.78 is 5.20. The summed E-state index contributed by atoms with van der Waals surface area (Å²) in [5.74, 6) is 1.89. The van der Waals surface area contributed by atoms with E-state index in [0.717, 1.165) is 11.6 Å². The van der Waals surface area contributed by atoms with Gasteiger partial charge < -0.3 is 9.84 Å². The zero-order chi connectivity index (χ0) is 12.4. The molecule has 0 spiro atoms. The summed E-state index contributed by atoms with van der Waals surface area (Å²) in [6.45, 7) is 8.65. The molecule has 2 heterocycles. The first-order chi connectivity index (χ1) is 8.06. The number of hydrogen-bond donors (Lipinski definition) is 1. The lowest BCUT2D eigenvalue weighted by Gasteiger charge is -2.29. The van der Waals surface area contributed by atoms with Crippen LogP contribution in [0.4, 0.5) is 6.01 Å². The van der Waals surface area contributed by atoms with Gasteiger partial charge in [-0.2, -0.15) is 16.7 Å². The fourth-order valence-electron chi connectivity index (χ4n) is 1.59. The van der Waals surface area contributed by atoms with Gasteiger partial charge >= 0.3 is 6.01 Å². The zero-order valence-electron chi connectivity index (χ0n) is 10.6. The maximum atomic E-state index is 5.20. The van der Waals surface area contributed by atoms with Crippen LogP contribution < -0.4 is 5.32 Å². The summed E-state index contributed by atoms with van der Waals surface area (Å²) in [6.07, 6.45) is 0. The van der Waals surface area contributed by atoms with E-state index in [9.17, 15) is 0 Å². The summed E-state index contributed by atoms with van der Waals surface area (Å²) in [7, 11) is 0. The lowest BCUT2D eigenvalue weighted by Crippen LogP contribution is -2.22. The molecule has 4 nitrogen and oxygen atoms in total. The highest BCUT2D eigenvalue weighted by Gasteiger charge is 2.29. The van der Waals surface area contributed by atoms with Crippen LogP contribution in [0.25, 0.3) is 0 Å². The predicted octanol–water partition coefficient (Wildman–Crippen LogP) is 3.19. The molecule has 1 N–H and O–H groups in total. The molecule has 0 aliphatic carbocycles. The Kier molecular flexibility index (Phi) is 4.25. The van der Waals surface area contributed by atoms with Crippen LogP contribution >= 0.6 is 23.5 Å². The van der Waals surface area contributed by atoms with Gasteiger partial charge in [0, 0.05) is 22.3 Å². The molecule has 0 bridgehead atoms. The van der Waals surface area contributed by atoms with Crippen LogP contribution in [0.2, 0.25) is 0 Å². The number of aromatic nitrogens is 2. The normalized spacial score (nSPS) is 29.6. The highest BCUT2D eigenvalue weighted by Crippen LogP contribution is 2.43. The Morgan fingerprint density at radius 3 is 2.76 bits per heavy atom. The SMILES string of the molecule is CC(C)Nc1nc(C2CSC(C)C(C)S2)no1. The third kappa shape index (κ3) is 3.31. The summed E-state index contributed by atoms with van der Waals surface area (Å²) in [6, 6.07) is 0.850. The van der Waals surface area contributed by atoms with E-state index >= 15 is 0 Å². The van der Waals surface area contributed by atoms with Gasteiger partial charge in [0.15, 0.2) is 5.82 Å². The van der Waals surface area contributed by atoms with Gasteiger partial charge in [0.25, 0.3) is 0 Å². The first kappa shape index (κ1) is 13.1. The van der Waals surface area contributed by atoms with Crippen molar-refractivity contribution in [3.8, 4) is 0 Å². The summed E-state index contributed by atoms with van der Waals surface area (Å²) >= 11 is 3.94. The van der Waals surface area contributed by atoms with Crippen molar-refractivity contribution < 1.29 is 4.52 Å². The van der Waals surface area contributed by atoms with Gasteiger partial charge in [-0.3, -0.25) is 0 Å². The molecular weight excluding hydrogens is 254 g/mol. The van der Waals surface area contributed by atoms with E-state index in [4.69, 9.17) is 4.52 Å². The Hall–Kier alpha value is -0.360. The van der Waals surface area contributed by atoms with E-state index in [1.165, 1.54) is 0 Å². The van der Waals surface area contributed by atoms with Crippen molar-refractivity contribution in [2.75, 3.05) is 11.1 Å². The third-order valence-electron chi connectivity index (χ3n) is 2.69. The maximum absolute atomic E-state index is 5.20. The van der Waals surface area contributed by atoms with Gasteiger partial charge in [-0.15, -0.1) is 11.8 Å². The minimum atomic E-state index is 0.315. The first-order valence-corrected chi connectivity index (χ1v) is 7.92. The molecule has 0 aromatic carbocycles.